The van der Waals surface area contributed by atoms with Crippen LogP contribution in [0.3, 0.4) is 0 Å². The van der Waals surface area contributed by atoms with Crippen LogP contribution in [0.15, 0.2) is 0 Å². The molecule has 3 N–H and O–H groups in total. The normalized spacial score (nSPS) is 20.9. The summed E-state index contributed by atoms with van der Waals surface area (Å²) in [6.07, 6.45) is 10.1. The first-order valence-corrected chi connectivity index (χ1v) is 14.2. The van der Waals surface area contributed by atoms with Crippen LogP contribution in [0, 0.1) is 5.92 Å². The molecule has 3 fully saturated rings. The predicted molar refractivity (Wildman–Crippen MR) is 138 cm³/mol. The van der Waals surface area contributed by atoms with Gasteiger partial charge in [-0.2, -0.15) is 0 Å². The van der Waals surface area contributed by atoms with Gasteiger partial charge in [0.15, 0.2) is 5.78 Å². The maximum Gasteiger partial charge on any atom is 0.318 e. The number of carbonyl (C=O) groups excluding carboxylic acids is 5. The molecule has 0 aromatic rings. The van der Waals surface area contributed by atoms with E-state index in [-0.39, 0.29) is 24.3 Å². The van der Waals surface area contributed by atoms with E-state index in [1.807, 2.05) is 6.92 Å². The summed E-state index contributed by atoms with van der Waals surface area (Å²) in [5, 5.41) is 8.28. The van der Waals surface area contributed by atoms with Crippen molar-refractivity contribution in [2.45, 2.75) is 102 Å². The lowest BCUT2D eigenvalue weighted by Gasteiger charge is -2.39. The van der Waals surface area contributed by atoms with Crippen molar-refractivity contribution in [3.05, 3.63) is 0 Å². The van der Waals surface area contributed by atoms with Gasteiger partial charge in [-0.3, -0.25) is 19.2 Å². The molecule has 0 radical (unpaired) electrons. The number of ether oxygens (including phenoxy) is 1. The van der Waals surface area contributed by atoms with Crippen LogP contribution in [-0.2, 0) is 23.9 Å². The minimum absolute atomic E-state index is 0.0398. The average Bonchev–Trinajstić information content (AvgIpc) is 2.94. The minimum atomic E-state index is -1.12. The number of Topliss-reactive ketones (excluding diaryl/α,β-unsaturated/α-hetero) is 2. The highest BCUT2D eigenvalue weighted by molar-refractivity contribution is 6.38. The molecule has 1 saturated heterocycles. The van der Waals surface area contributed by atoms with Crippen LogP contribution in [-0.4, -0.2) is 78.7 Å². The van der Waals surface area contributed by atoms with Crippen molar-refractivity contribution in [3.63, 3.8) is 0 Å². The van der Waals surface area contributed by atoms with Crippen LogP contribution in [0.2, 0.25) is 0 Å². The lowest BCUT2D eigenvalue weighted by molar-refractivity contribution is -0.141. The number of nitrogens with zero attached hydrogens (tertiary/aromatic N) is 1. The Labute approximate surface area is 220 Å². The van der Waals surface area contributed by atoms with Gasteiger partial charge >= 0.3 is 6.03 Å². The monoisotopic (exact) mass is 520 g/mol. The lowest BCUT2D eigenvalue weighted by Crippen LogP contribution is -2.64. The summed E-state index contributed by atoms with van der Waals surface area (Å²) < 4.78 is 5.32. The highest BCUT2D eigenvalue weighted by Crippen LogP contribution is 2.29. The standard InChI is InChI=1S/C27H44N4O6/c1-2-3-12-21(23(33)24(34)28-19-22(32)20-10-6-4-7-11-20)29-25(35)27(13-8-5-9-14-27)30-26(36)31-15-17-37-18-16-31/h20-21H,2-19H2,1H3,(H,28,34)(H,29,35)(H,30,36)/t21-/m0/s1. The van der Waals surface area contributed by atoms with Gasteiger partial charge in [-0.25, -0.2) is 4.79 Å². The molecule has 1 atom stereocenters. The van der Waals surface area contributed by atoms with Gasteiger partial charge in [0, 0.05) is 19.0 Å². The van der Waals surface area contributed by atoms with E-state index >= 15 is 0 Å². The van der Waals surface area contributed by atoms with Crippen molar-refractivity contribution in [1.29, 1.82) is 0 Å². The summed E-state index contributed by atoms with van der Waals surface area (Å²) >= 11 is 0. The second kappa shape index (κ2) is 14.4. The van der Waals surface area contributed by atoms with Crippen molar-refractivity contribution >= 4 is 29.4 Å². The third-order valence-corrected chi connectivity index (χ3v) is 7.96. The number of hydrogen-bond donors (Lipinski definition) is 3. The van der Waals surface area contributed by atoms with Crippen molar-refractivity contribution in [3.8, 4) is 0 Å². The van der Waals surface area contributed by atoms with E-state index in [0.29, 0.717) is 52.0 Å². The number of urea groups is 1. The second-order valence-electron chi connectivity index (χ2n) is 10.7. The van der Waals surface area contributed by atoms with Crippen LogP contribution in [0.4, 0.5) is 4.79 Å². The van der Waals surface area contributed by atoms with Gasteiger partial charge in [-0.05, 0) is 32.1 Å². The molecule has 208 valence electrons. The van der Waals surface area contributed by atoms with Crippen molar-refractivity contribution < 1.29 is 28.7 Å². The summed E-state index contributed by atoms with van der Waals surface area (Å²) in [5.41, 5.74) is -1.12. The Morgan fingerprint density at radius 3 is 2.24 bits per heavy atom. The first-order chi connectivity index (χ1) is 17.9. The van der Waals surface area contributed by atoms with Gasteiger partial charge in [0.2, 0.25) is 11.7 Å². The molecule has 1 aliphatic heterocycles. The van der Waals surface area contributed by atoms with E-state index < -0.39 is 29.2 Å². The summed E-state index contributed by atoms with van der Waals surface area (Å²) in [5.74, 6) is -2.11. The number of nitrogens with one attached hydrogen (secondary N) is 3. The molecule has 0 spiro atoms. The Morgan fingerprint density at radius 1 is 0.946 bits per heavy atom. The van der Waals surface area contributed by atoms with Crippen molar-refractivity contribution in [2.75, 3.05) is 32.8 Å². The Balaban J connectivity index is 1.63. The van der Waals surface area contributed by atoms with E-state index in [0.717, 1.165) is 57.8 Å². The van der Waals surface area contributed by atoms with Crippen LogP contribution in [0.5, 0.6) is 0 Å². The van der Waals surface area contributed by atoms with Crippen molar-refractivity contribution in [1.82, 2.24) is 20.9 Å². The molecule has 10 nitrogen and oxygen atoms in total. The van der Waals surface area contributed by atoms with Crippen LogP contribution >= 0.6 is 0 Å². The Hall–Kier alpha value is -2.49. The van der Waals surface area contributed by atoms with Crippen LogP contribution in [0.1, 0.15) is 90.4 Å². The first-order valence-electron chi connectivity index (χ1n) is 14.2. The molecule has 0 aromatic carbocycles. The molecule has 0 aromatic heterocycles. The maximum absolute atomic E-state index is 13.6. The van der Waals surface area contributed by atoms with Crippen molar-refractivity contribution in [2.24, 2.45) is 5.92 Å². The summed E-state index contributed by atoms with van der Waals surface area (Å²) in [6.45, 7) is 3.64. The summed E-state index contributed by atoms with van der Waals surface area (Å²) in [7, 11) is 0. The average molecular weight is 521 g/mol. The number of morpholine rings is 1. The fourth-order valence-corrected chi connectivity index (χ4v) is 5.57. The van der Waals surface area contributed by atoms with E-state index in [2.05, 4.69) is 16.0 Å². The van der Waals surface area contributed by atoms with Gasteiger partial charge in [-0.1, -0.05) is 58.3 Å². The predicted octanol–water partition coefficient (Wildman–Crippen LogP) is 2.24. The number of unbranched alkanes of at least 4 members (excludes halogenated alkanes) is 1. The first kappa shape index (κ1) is 29.1. The number of ketones is 2. The van der Waals surface area contributed by atoms with Crippen LogP contribution in [0.25, 0.3) is 0 Å². The van der Waals surface area contributed by atoms with Gasteiger partial charge in [0.05, 0.1) is 25.8 Å². The Morgan fingerprint density at radius 2 is 1.59 bits per heavy atom. The largest absolute Gasteiger partial charge is 0.378 e. The molecular formula is C27H44N4O6. The molecule has 2 aliphatic carbocycles. The summed E-state index contributed by atoms with van der Waals surface area (Å²) in [4.78, 5) is 66.5. The van der Waals surface area contributed by atoms with Gasteiger partial charge in [0.1, 0.15) is 5.54 Å². The second-order valence-corrected chi connectivity index (χ2v) is 10.7. The maximum atomic E-state index is 13.6. The lowest BCUT2D eigenvalue weighted by atomic mass is 9.80. The molecule has 3 rings (SSSR count). The minimum Gasteiger partial charge on any atom is -0.378 e. The van der Waals surface area contributed by atoms with Crippen LogP contribution < -0.4 is 16.0 Å². The van der Waals surface area contributed by atoms with Gasteiger partial charge in [-0.15, -0.1) is 0 Å². The van der Waals surface area contributed by atoms with E-state index in [9.17, 15) is 24.0 Å². The molecule has 3 aliphatic rings. The molecular weight excluding hydrogens is 476 g/mol. The SMILES string of the molecule is CCCC[C@H](NC(=O)C1(NC(=O)N2CCOCC2)CCCCC1)C(=O)C(=O)NCC(=O)C1CCCCC1. The molecule has 2 saturated carbocycles. The molecule has 0 bridgehead atoms. The third-order valence-electron chi connectivity index (χ3n) is 7.96. The highest BCUT2D eigenvalue weighted by atomic mass is 16.5. The third kappa shape index (κ3) is 8.25. The van der Waals surface area contributed by atoms with E-state index in [1.165, 1.54) is 0 Å². The topological polar surface area (TPSA) is 134 Å². The van der Waals surface area contributed by atoms with E-state index in [4.69, 9.17) is 4.74 Å². The highest BCUT2D eigenvalue weighted by Gasteiger charge is 2.43. The zero-order valence-electron chi connectivity index (χ0n) is 22.3. The zero-order valence-corrected chi connectivity index (χ0v) is 22.3. The smallest absolute Gasteiger partial charge is 0.318 e. The Bertz CT molecular complexity index is 814. The molecule has 0 unspecified atom stereocenters. The van der Waals surface area contributed by atoms with Gasteiger partial charge in [0.25, 0.3) is 5.91 Å². The molecule has 1 heterocycles. The number of hydrogen-bond acceptors (Lipinski definition) is 6. The zero-order chi connectivity index (χ0) is 26.7. The number of rotatable bonds is 11. The fourth-order valence-electron chi connectivity index (χ4n) is 5.57. The van der Waals surface area contributed by atoms with Gasteiger partial charge < -0.3 is 25.6 Å². The van der Waals surface area contributed by atoms with E-state index in [1.54, 1.807) is 4.90 Å². The molecule has 37 heavy (non-hydrogen) atoms. The number of amides is 4. The molecule has 4 amide bonds. The number of carbonyl (C=O) groups is 5. The molecule has 10 heteroatoms. The fraction of sp³-hybridized carbons (Fsp3) is 0.815. The quantitative estimate of drug-likeness (QED) is 0.358. The summed E-state index contributed by atoms with van der Waals surface area (Å²) in [6, 6.07) is -1.31. The Kier molecular flexibility index (Phi) is 11.4.